The Morgan fingerprint density at radius 2 is 1.72 bits per heavy atom. The number of hydrogen-bond acceptors (Lipinski definition) is 6. The van der Waals surface area contributed by atoms with Gasteiger partial charge in [0.2, 0.25) is 0 Å². The van der Waals surface area contributed by atoms with E-state index in [1.54, 1.807) is 6.07 Å². The largest absolute Gasteiger partial charge is 0.379 e. The van der Waals surface area contributed by atoms with Crippen LogP contribution in [0.3, 0.4) is 0 Å². The fraction of sp³-hybridized carbons (Fsp3) is 0.419. The lowest BCUT2D eigenvalue weighted by Crippen LogP contribution is -2.38. The minimum Gasteiger partial charge on any atom is -0.379 e. The summed E-state index contributed by atoms with van der Waals surface area (Å²) >= 11 is 1.40. The molecule has 0 radical (unpaired) electrons. The molecule has 0 spiro atoms. The van der Waals surface area contributed by atoms with Gasteiger partial charge in [-0.2, -0.15) is 0 Å². The van der Waals surface area contributed by atoms with Gasteiger partial charge in [0, 0.05) is 44.1 Å². The van der Waals surface area contributed by atoms with E-state index in [0.717, 1.165) is 77.3 Å². The summed E-state index contributed by atoms with van der Waals surface area (Å²) in [4.78, 5) is 31.5. The van der Waals surface area contributed by atoms with Crippen LogP contribution in [0.4, 0.5) is 11.4 Å². The number of morpholine rings is 1. The number of ether oxygens (including phenoxy) is 1. The van der Waals surface area contributed by atoms with Gasteiger partial charge in [0.25, 0.3) is 11.8 Å². The van der Waals surface area contributed by atoms with Crippen LogP contribution in [-0.2, 0) is 11.2 Å². The third kappa shape index (κ3) is 7.68. The number of thiophene rings is 1. The highest BCUT2D eigenvalue weighted by molar-refractivity contribution is 7.12. The molecule has 0 unspecified atom stereocenters. The van der Waals surface area contributed by atoms with Crippen LogP contribution in [0.15, 0.2) is 66.0 Å². The molecule has 206 valence electrons. The number of nitrogens with one attached hydrogen (secondary N) is 2. The summed E-state index contributed by atoms with van der Waals surface area (Å²) in [6.45, 7) is 6.84. The molecule has 0 aliphatic carbocycles. The van der Waals surface area contributed by atoms with Crippen molar-refractivity contribution in [1.29, 1.82) is 0 Å². The predicted molar refractivity (Wildman–Crippen MR) is 158 cm³/mol. The van der Waals surface area contributed by atoms with Crippen molar-refractivity contribution >= 4 is 34.5 Å². The third-order valence-corrected chi connectivity index (χ3v) is 8.48. The highest BCUT2D eigenvalue weighted by Crippen LogP contribution is 2.30. The molecule has 5 rings (SSSR count). The molecule has 2 fully saturated rings. The smallest absolute Gasteiger partial charge is 0.265 e. The summed E-state index contributed by atoms with van der Waals surface area (Å²) in [7, 11) is 0. The number of hydrogen-bond donors (Lipinski definition) is 2. The van der Waals surface area contributed by atoms with E-state index in [0.29, 0.717) is 28.6 Å². The zero-order valence-electron chi connectivity index (χ0n) is 22.4. The summed E-state index contributed by atoms with van der Waals surface area (Å²) in [5, 5.41) is 7.99. The Hall–Kier alpha value is -3.20. The quantitative estimate of drug-likeness (QED) is 0.354. The topological polar surface area (TPSA) is 73.9 Å². The average molecular weight is 547 g/mol. The second-order valence-electron chi connectivity index (χ2n) is 10.3. The minimum atomic E-state index is -0.156. The number of carbonyl (C=O) groups is 2. The van der Waals surface area contributed by atoms with Crippen LogP contribution in [0.25, 0.3) is 0 Å². The number of rotatable bonds is 10. The van der Waals surface area contributed by atoms with Crippen LogP contribution in [0, 0.1) is 5.92 Å². The van der Waals surface area contributed by atoms with Crippen molar-refractivity contribution in [2.75, 3.05) is 62.7 Å². The Labute approximate surface area is 235 Å². The van der Waals surface area contributed by atoms with E-state index in [1.807, 2.05) is 29.6 Å². The van der Waals surface area contributed by atoms with E-state index >= 15 is 0 Å². The van der Waals surface area contributed by atoms with Crippen molar-refractivity contribution in [1.82, 2.24) is 10.2 Å². The lowest BCUT2D eigenvalue weighted by molar-refractivity contribution is 0.0374. The monoisotopic (exact) mass is 546 g/mol. The van der Waals surface area contributed by atoms with Crippen LogP contribution in [0.5, 0.6) is 0 Å². The maximum absolute atomic E-state index is 13.4. The summed E-state index contributed by atoms with van der Waals surface area (Å²) in [6.07, 6.45) is 4.17. The molecule has 3 aromatic rings. The molecule has 2 aromatic carbocycles. The fourth-order valence-electron chi connectivity index (χ4n) is 5.42. The minimum absolute atomic E-state index is 0.0920. The number of anilines is 2. The molecular weight excluding hydrogens is 508 g/mol. The van der Waals surface area contributed by atoms with Gasteiger partial charge in [0.05, 0.1) is 23.7 Å². The molecule has 8 heteroatoms. The van der Waals surface area contributed by atoms with Crippen molar-refractivity contribution in [3.8, 4) is 0 Å². The number of benzene rings is 2. The molecular formula is C31H38N4O3S. The Bertz CT molecular complexity index is 1200. The SMILES string of the molecule is O=C(Nc1ccc(N2CCC(Cc3ccccc3)CC2)c(C(=O)NCCCN2CCOCC2)c1)c1cccs1. The summed E-state index contributed by atoms with van der Waals surface area (Å²) < 4.78 is 5.43. The molecule has 0 atom stereocenters. The van der Waals surface area contributed by atoms with E-state index in [2.05, 4.69) is 50.8 Å². The van der Waals surface area contributed by atoms with Crippen molar-refractivity contribution < 1.29 is 14.3 Å². The predicted octanol–water partition coefficient (Wildman–Crippen LogP) is 4.91. The Morgan fingerprint density at radius 1 is 0.923 bits per heavy atom. The molecule has 2 N–H and O–H groups in total. The van der Waals surface area contributed by atoms with Gasteiger partial charge in [0.1, 0.15) is 0 Å². The molecule has 2 aliphatic heterocycles. The van der Waals surface area contributed by atoms with Crippen molar-refractivity contribution in [2.45, 2.75) is 25.7 Å². The molecule has 2 amide bonds. The number of amides is 2. The first-order valence-corrected chi connectivity index (χ1v) is 14.9. The number of carbonyl (C=O) groups excluding carboxylic acids is 2. The fourth-order valence-corrected chi connectivity index (χ4v) is 6.04. The number of nitrogens with zero attached hydrogens (tertiary/aromatic N) is 2. The van der Waals surface area contributed by atoms with Gasteiger partial charge in [-0.3, -0.25) is 14.5 Å². The maximum atomic E-state index is 13.4. The number of piperidine rings is 1. The van der Waals surface area contributed by atoms with Crippen LogP contribution < -0.4 is 15.5 Å². The van der Waals surface area contributed by atoms with Crippen LogP contribution >= 0.6 is 11.3 Å². The molecule has 1 aromatic heterocycles. The molecule has 39 heavy (non-hydrogen) atoms. The van der Waals surface area contributed by atoms with Gasteiger partial charge < -0.3 is 20.3 Å². The summed E-state index contributed by atoms with van der Waals surface area (Å²) in [5.41, 5.74) is 3.58. The lowest BCUT2D eigenvalue weighted by Gasteiger charge is -2.35. The first-order valence-electron chi connectivity index (χ1n) is 14.0. The highest BCUT2D eigenvalue weighted by atomic mass is 32.1. The van der Waals surface area contributed by atoms with Gasteiger partial charge in [-0.15, -0.1) is 11.3 Å². The normalized spacial score (nSPS) is 16.7. The molecule has 0 saturated carbocycles. The van der Waals surface area contributed by atoms with Gasteiger partial charge in [-0.05, 0) is 73.4 Å². The highest BCUT2D eigenvalue weighted by Gasteiger charge is 2.24. The van der Waals surface area contributed by atoms with Gasteiger partial charge in [0.15, 0.2) is 0 Å². The molecule has 0 bridgehead atoms. The Morgan fingerprint density at radius 3 is 2.46 bits per heavy atom. The second kappa shape index (κ2) is 13.7. The van der Waals surface area contributed by atoms with Gasteiger partial charge >= 0.3 is 0 Å². The Kier molecular flexibility index (Phi) is 9.64. The molecule has 3 heterocycles. The van der Waals surface area contributed by atoms with E-state index in [4.69, 9.17) is 4.74 Å². The van der Waals surface area contributed by atoms with Crippen LogP contribution in [0.2, 0.25) is 0 Å². The van der Waals surface area contributed by atoms with Gasteiger partial charge in [-0.1, -0.05) is 36.4 Å². The van der Waals surface area contributed by atoms with E-state index in [9.17, 15) is 9.59 Å². The summed E-state index contributed by atoms with van der Waals surface area (Å²) in [5.74, 6) is 0.396. The van der Waals surface area contributed by atoms with Crippen molar-refractivity contribution in [3.05, 3.63) is 82.0 Å². The lowest BCUT2D eigenvalue weighted by atomic mass is 9.89. The standard InChI is InChI=1S/C31H38N4O3S/c36-30(32-13-5-14-34-17-19-38-20-18-34)27-23-26(33-31(37)29-8-4-21-39-29)9-10-28(27)35-15-11-25(12-16-35)22-24-6-2-1-3-7-24/h1-4,6-10,21,23,25H,5,11-20,22H2,(H,32,36)(H,33,37). The van der Waals surface area contributed by atoms with Crippen molar-refractivity contribution in [2.24, 2.45) is 5.92 Å². The Balaban J connectivity index is 1.24. The van der Waals surface area contributed by atoms with E-state index < -0.39 is 0 Å². The first-order chi connectivity index (χ1) is 19.2. The zero-order chi connectivity index (χ0) is 26.9. The van der Waals surface area contributed by atoms with Crippen molar-refractivity contribution in [3.63, 3.8) is 0 Å². The molecule has 2 saturated heterocycles. The molecule has 7 nitrogen and oxygen atoms in total. The van der Waals surface area contributed by atoms with Gasteiger partial charge in [-0.25, -0.2) is 0 Å². The summed E-state index contributed by atoms with van der Waals surface area (Å²) in [6, 6.07) is 20.1. The third-order valence-electron chi connectivity index (χ3n) is 7.61. The van der Waals surface area contributed by atoms with E-state index in [1.165, 1.54) is 16.9 Å². The maximum Gasteiger partial charge on any atom is 0.265 e. The van der Waals surface area contributed by atoms with Crippen LogP contribution in [-0.4, -0.2) is 69.2 Å². The van der Waals surface area contributed by atoms with E-state index in [-0.39, 0.29) is 11.8 Å². The zero-order valence-corrected chi connectivity index (χ0v) is 23.3. The first kappa shape index (κ1) is 27.4. The molecule has 2 aliphatic rings. The second-order valence-corrected chi connectivity index (χ2v) is 11.3. The average Bonchev–Trinajstić information content (AvgIpc) is 3.52. The van der Waals surface area contributed by atoms with Crippen LogP contribution in [0.1, 0.15) is 44.9 Å².